The second-order valence-electron chi connectivity index (χ2n) is 6.42. The van der Waals surface area contributed by atoms with Gasteiger partial charge in [0.05, 0.1) is 19.3 Å². The largest absolute Gasteiger partial charge is 0.371 e. The van der Waals surface area contributed by atoms with Crippen LogP contribution in [0, 0.1) is 0 Å². The summed E-state index contributed by atoms with van der Waals surface area (Å²) in [5.74, 6) is 1.38. The SMILES string of the molecule is Brc1cccc(C2CN(Cc3nc(Cc4ccccc4)no3)CCO2)c1. The van der Waals surface area contributed by atoms with E-state index in [1.54, 1.807) is 0 Å². The predicted molar refractivity (Wildman–Crippen MR) is 102 cm³/mol. The molecule has 2 aromatic carbocycles. The third-order valence-corrected chi connectivity index (χ3v) is 4.94. The lowest BCUT2D eigenvalue weighted by Crippen LogP contribution is -2.37. The molecule has 26 heavy (non-hydrogen) atoms. The quantitative estimate of drug-likeness (QED) is 0.632. The minimum Gasteiger partial charge on any atom is -0.371 e. The monoisotopic (exact) mass is 413 g/mol. The van der Waals surface area contributed by atoms with Crippen molar-refractivity contribution in [1.82, 2.24) is 15.0 Å². The van der Waals surface area contributed by atoms with Crippen LogP contribution in [-0.4, -0.2) is 34.7 Å². The van der Waals surface area contributed by atoms with E-state index in [-0.39, 0.29) is 6.10 Å². The van der Waals surface area contributed by atoms with Gasteiger partial charge in [0.15, 0.2) is 5.82 Å². The molecule has 1 fully saturated rings. The van der Waals surface area contributed by atoms with Gasteiger partial charge in [0, 0.05) is 24.0 Å². The molecule has 0 spiro atoms. The Kier molecular flexibility index (Phi) is 5.43. The first-order valence-electron chi connectivity index (χ1n) is 8.71. The molecule has 2 heterocycles. The van der Waals surface area contributed by atoms with Gasteiger partial charge in [-0.05, 0) is 23.3 Å². The molecule has 6 heteroatoms. The molecule has 1 atom stereocenters. The molecule has 1 aliphatic heterocycles. The van der Waals surface area contributed by atoms with Crippen LogP contribution in [0.3, 0.4) is 0 Å². The Morgan fingerprint density at radius 3 is 2.85 bits per heavy atom. The van der Waals surface area contributed by atoms with Gasteiger partial charge in [-0.1, -0.05) is 63.6 Å². The molecular formula is C20H20BrN3O2. The summed E-state index contributed by atoms with van der Waals surface area (Å²) in [6, 6.07) is 18.5. The van der Waals surface area contributed by atoms with Gasteiger partial charge < -0.3 is 9.26 Å². The molecular weight excluding hydrogens is 394 g/mol. The van der Waals surface area contributed by atoms with Gasteiger partial charge in [-0.3, -0.25) is 4.90 Å². The zero-order chi connectivity index (χ0) is 17.8. The molecule has 1 unspecified atom stereocenters. The number of hydrogen-bond donors (Lipinski definition) is 0. The van der Waals surface area contributed by atoms with Crippen LogP contribution in [0.4, 0.5) is 0 Å². The lowest BCUT2D eigenvalue weighted by molar-refractivity contribution is -0.0356. The number of halogens is 1. The van der Waals surface area contributed by atoms with Gasteiger partial charge in [0.2, 0.25) is 5.89 Å². The van der Waals surface area contributed by atoms with E-state index in [4.69, 9.17) is 9.26 Å². The fourth-order valence-corrected chi connectivity index (χ4v) is 3.57. The van der Waals surface area contributed by atoms with Crippen LogP contribution in [0.2, 0.25) is 0 Å². The summed E-state index contributed by atoms with van der Waals surface area (Å²) >= 11 is 3.53. The molecule has 1 aromatic heterocycles. The van der Waals surface area contributed by atoms with E-state index in [1.807, 2.05) is 30.3 Å². The fraction of sp³-hybridized carbons (Fsp3) is 0.300. The van der Waals surface area contributed by atoms with Crippen LogP contribution in [0.5, 0.6) is 0 Å². The van der Waals surface area contributed by atoms with E-state index in [2.05, 4.69) is 55.2 Å². The second kappa shape index (κ2) is 8.12. The number of benzene rings is 2. The van der Waals surface area contributed by atoms with Crippen molar-refractivity contribution in [2.75, 3.05) is 19.7 Å². The topological polar surface area (TPSA) is 51.4 Å². The van der Waals surface area contributed by atoms with E-state index in [0.29, 0.717) is 25.5 Å². The second-order valence-corrected chi connectivity index (χ2v) is 7.33. The molecule has 1 saturated heterocycles. The van der Waals surface area contributed by atoms with E-state index >= 15 is 0 Å². The first-order chi connectivity index (χ1) is 12.8. The molecule has 3 aromatic rings. The molecule has 0 amide bonds. The van der Waals surface area contributed by atoms with Crippen molar-refractivity contribution in [3.05, 3.63) is 81.9 Å². The maximum absolute atomic E-state index is 5.94. The van der Waals surface area contributed by atoms with E-state index in [0.717, 1.165) is 23.4 Å². The summed E-state index contributed by atoms with van der Waals surface area (Å²) in [4.78, 5) is 6.84. The van der Waals surface area contributed by atoms with Gasteiger partial charge in [-0.2, -0.15) is 4.98 Å². The summed E-state index contributed by atoms with van der Waals surface area (Å²) in [5, 5.41) is 4.12. The van der Waals surface area contributed by atoms with Crippen LogP contribution in [-0.2, 0) is 17.7 Å². The lowest BCUT2D eigenvalue weighted by Gasteiger charge is -2.32. The number of aromatic nitrogens is 2. The van der Waals surface area contributed by atoms with Crippen LogP contribution in [0.25, 0.3) is 0 Å². The van der Waals surface area contributed by atoms with E-state index < -0.39 is 0 Å². The fourth-order valence-electron chi connectivity index (χ4n) is 3.15. The van der Waals surface area contributed by atoms with Crippen molar-refractivity contribution in [3.8, 4) is 0 Å². The summed E-state index contributed by atoms with van der Waals surface area (Å²) in [6.45, 7) is 3.02. The lowest BCUT2D eigenvalue weighted by atomic mass is 10.1. The average Bonchev–Trinajstić information content (AvgIpc) is 3.09. The van der Waals surface area contributed by atoms with Crippen LogP contribution < -0.4 is 0 Å². The predicted octanol–water partition coefficient (Wildman–Crippen LogP) is 4.00. The maximum atomic E-state index is 5.94. The minimum absolute atomic E-state index is 0.0629. The summed E-state index contributed by atoms with van der Waals surface area (Å²) < 4.78 is 12.5. The van der Waals surface area contributed by atoms with Gasteiger partial charge >= 0.3 is 0 Å². The average molecular weight is 414 g/mol. The number of hydrogen-bond acceptors (Lipinski definition) is 5. The Morgan fingerprint density at radius 2 is 2.00 bits per heavy atom. The van der Waals surface area contributed by atoms with Crippen molar-refractivity contribution < 1.29 is 9.26 Å². The standard InChI is InChI=1S/C20H20BrN3O2/c21-17-8-4-7-16(12-17)18-13-24(9-10-25-18)14-20-22-19(23-26-20)11-15-5-2-1-3-6-15/h1-8,12,18H,9-11,13-14H2. The Labute approximate surface area is 161 Å². The number of ether oxygens (including phenoxy) is 1. The Balaban J connectivity index is 1.38. The van der Waals surface area contributed by atoms with Gasteiger partial charge in [0.25, 0.3) is 0 Å². The zero-order valence-electron chi connectivity index (χ0n) is 14.3. The third kappa shape index (κ3) is 4.38. The summed E-state index contributed by atoms with van der Waals surface area (Å²) in [7, 11) is 0. The first-order valence-corrected chi connectivity index (χ1v) is 9.50. The number of nitrogens with zero attached hydrogens (tertiary/aromatic N) is 3. The van der Waals surface area contributed by atoms with Crippen molar-refractivity contribution >= 4 is 15.9 Å². The summed E-state index contributed by atoms with van der Waals surface area (Å²) in [5.41, 5.74) is 2.36. The molecule has 134 valence electrons. The maximum Gasteiger partial charge on any atom is 0.240 e. The normalized spacial score (nSPS) is 18.1. The van der Waals surface area contributed by atoms with Crippen LogP contribution in [0.1, 0.15) is 28.9 Å². The highest BCUT2D eigenvalue weighted by Gasteiger charge is 2.23. The zero-order valence-corrected chi connectivity index (χ0v) is 15.9. The smallest absolute Gasteiger partial charge is 0.240 e. The molecule has 0 bridgehead atoms. The molecule has 5 nitrogen and oxygen atoms in total. The first kappa shape index (κ1) is 17.4. The highest BCUT2D eigenvalue weighted by Crippen LogP contribution is 2.25. The van der Waals surface area contributed by atoms with Crippen molar-refractivity contribution in [2.24, 2.45) is 0 Å². The Morgan fingerprint density at radius 1 is 1.12 bits per heavy atom. The molecule has 1 aliphatic rings. The molecule has 0 saturated carbocycles. The molecule has 0 radical (unpaired) electrons. The summed E-state index contributed by atoms with van der Waals surface area (Å²) in [6.07, 6.45) is 0.752. The van der Waals surface area contributed by atoms with Crippen molar-refractivity contribution in [2.45, 2.75) is 19.1 Å². The highest BCUT2D eigenvalue weighted by molar-refractivity contribution is 9.10. The Bertz CT molecular complexity index is 853. The van der Waals surface area contributed by atoms with Crippen LogP contribution in [0.15, 0.2) is 63.6 Å². The molecule has 4 rings (SSSR count). The molecule has 0 N–H and O–H groups in total. The number of morpholine rings is 1. The van der Waals surface area contributed by atoms with Crippen LogP contribution >= 0.6 is 15.9 Å². The highest BCUT2D eigenvalue weighted by atomic mass is 79.9. The van der Waals surface area contributed by atoms with E-state index in [1.165, 1.54) is 11.1 Å². The minimum atomic E-state index is 0.0629. The van der Waals surface area contributed by atoms with Gasteiger partial charge in [-0.25, -0.2) is 0 Å². The third-order valence-electron chi connectivity index (χ3n) is 4.45. The molecule has 0 aliphatic carbocycles. The van der Waals surface area contributed by atoms with E-state index in [9.17, 15) is 0 Å². The number of rotatable bonds is 5. The van der Waals surface area contributed by atoms with Crippen molar-refractivity contribution in [1.29, 1.82) is 0 Å². The van der Waals surface area contributed by atoms with Gasteiger partial charge in [0.1, 0.15) is 0 Å². The Hall–Kier alpha value is -2.02. The van der Waals surface area contributed by atoms with Gasteiger partial charge in [-0.15, -0.1) is 0 Å². The van der Waals surface area contributed by atoms with Crippen molar-refractivity contribution in [3.63, 3.8) is 0 Å².